The van der Waals surface area contributed by atoms with Gasteiger partial charge in [-0.1, -0.05) is 12.1 Å². The second-order valence-electron chi connectivity index (χ2n) is 4.63. The fourth-order valence-corrected chi connectivity index (χ4v) is 2.33. The minimum Gasteiger partial charge on any atom is -0.495 e. The maximum Gasteiger partial charge on any atom is 0.329 e. The highest BCUT2D eigenvalue weighted by Crippen LogP contribution is 2.30. The van der Waals surface area contributed by atoms with Gasteiger partial charge in [-0.15, -0.1) is 0 Å². The van der Waals surface area contributed by atoms with Crippen LogP contribution in [0.5, 0.6) is 5.75 Å². The SMILES string of the molecule is COc1ccccc1N1C(=O)NC(Cc2cnc[nH]2)C1=O. The molecule has 2 N–H and O–H groups in total. The van der Waals surface area contributed by atoms with Crippen molar-refractivity contribution in [3.05, 3.63) is 42.5 Å². The van der Waals surface area contributed by atoms with Crippen LogP contribution in [0.1, 0.15) is 5.69 Å². The van der Waals surface area contributed by atoms with Crippen molar-refractivity contribution in [3.63, 3.8) is 0 Å². The van der Waals surface area contributed by atoms with Crippen LogP contribution in [-0.4, -0.2) is 35.1 Å². The summed E-state index contributed by atoms with van der Waals surface area (Å²) in [6, 6.07) is 5.85. The van der Waals surface area contributed by atoms with E-state index < -0.39 is 12.1 Å². The van der Waals surface area contributed by atoms with Gasteiger partial charge in [0.25, 0.3) is 5.91 Å². The number of carbonyl (C=O) groups is 2. The Hall–Kier alpha value is -2.83. The molecule has 7 heteroatoms. The first-order chi connectivity index (χ1) is 10.2. The van der Waals surface area contributed by atoms with E-state index in [4.69, 9.17) is 4.74 Å². The number of carbonyl (C=O) groups excluding carboxylic acids is 2. The molecule has 1 fully saturated rings. The number of aromatic nitrogens is 2. The average molecular weight is 286 g/mol. The molecule has 1 aliphatic rings. The third-order valence-electron chi connectivity index (χ3n) is 3.32. The lowest BCUT2D eigenvalue weighted by atomic mass is 10.1. The smallest absolute Gasteiger partial charge is 0.329 e. The van der Waals surface area contributed by atoms with Gasteiger partial charge in [0.05, 0.1) is 19.1 Å². The van der Waals surface area contributed by atoms with Crippen LogP contribution in [0.15, 0.2) is 36.8 Å². The molecule has 3 amide bonds. The number of ether oxygens (including phenoxy) is 1. The molecule has 3 rings (SSSR count). The van der Waals surface area contributed by atoms with Crippen LogP contribution in [0.4, 0.5) is 10.5 Å². The Morgan fingerprint density at radius 3 is 2.86 bits per heavy atom. The zero-order chi connectivity index (χ0) is 14.8. The van der Waals surface area contributed by atoms with E-state index in [-0.39, 0.29) is 5.91 Å². The first-order valence-corrected chi connectivity index (χ1v) is 6.45. The fraction of sp³-hybridized carbons (Fsp3) is 0.214. The number of nitrogens with one attached hydrogen (secondary N) is 2. The Balaban J connectivity index is 1.87. The summed E-state index contributed by atoms with van der Waals surface area (Å²) in [6.07, 6.45) is 3.54. The molecule has 1 unspecified atom stereocenters. The lowest BCUT2D eigenvalue weighted by Crippen LogP contribution is -2.32. The highest BCUT2D eigenvalue weighted by atomic mass is 16.5. The van der Waals surface area contributed by atoms with E-state index in [1.807, 2.05) is 0 Å². The number of urea groups is 1. The van der Waals surface area contributed by atoms with Crippen LogP contribution < -0.4 is 15.0 Å². The summed E-state index contributed by atoms with van der Waals surface area (Å²) in [6.45, 7) is 0. The van der Waals surface area contributed by atoms with E-state index in [0.717, 1.165) is 10.6 Å². The highest BCUT2D eigenvalue weighted by molar-refractivity contribution is 6.22. The van der Waals surface area contributed by atoms with Gasteiger partial charge in [-0.3, -0.25) is 4.79 Å². The number of nitrogens with zero attached hydrogens (tertiary/aromatic N) is 2. The summed E-state index contributed by atoms with van der Waals surface area (Å²) >= 11 is 0. The molecule has 7 nitrogen and oxygen atoms in total. The van der Waals surface area contributed by atoms with Gasteiger partial charge in [0.15, 0.2) is 0 Å². The zero-order valence-electron chi connectivity index (χ0n) is 11.4. The minimum atomic E-state index is -0.608. The predicted octanol–water partition coefficient (Wildman–Crippen LogP) is 1.09. The molecule has 2 aromatic rings. The number of anilines is 1. The Morgan fingerprint density at radius 1 is 1.33 bits per heavy atom. The Kier molecular flexibility index (Phi) is 3.31. The molecule has 0 saturated carbocycles. The van der Waals surface area contributed by atoms with E-state index in [1.54, 1.807) is 30.5 Å². The molecular weight excluding hydrogens is 272 g/mol. The number of imide groups is 1. The molecule has 0 bridgehead atoms. The van der Waals surface area contributed by atoms with Crippen molar-refractivity contribution in [2.45, 2.75) is 12.5 Å². The molecule has 0 spiro atoms. The summed E-state index contributed by atoms with van der Waals surface area (Å²) in [7, 11) is 1.50. The molecule has 1 aromatic heterocycles. The second kappa shape index (κ2) is 5.28. The van der Waals surface area contributed by atoms with E-state index >= 15 is 0 Å². The Bertz CT molecular complexity index is 669. The average Bonchev–Trinajstić information content (AvgIpc) is 3.09. The van der Waals surface area contributed by atoms with E-state index in [1.165, 1.54) is 13.4 Å². The summed E-state index contributed by atoms with van der Waals surface area (Å²) in [5, 5.41) is 2.68. The van der Waals surface area contributed by atoms with Gasteiger partial charge in [0, 0.05) is 18.3 Å². The number of rotatable bonds is 4. The first-order valence-electron chi connectivity index (χ1n) is 6.45. The van der Waals surface area contributed by atoms with E-state index in [2.05, 4.69) is 15.3 Å². The van der Waals surface area contributed by atoms with Crippen molar-refractivity contribution in [1.82, 2.24) is 15.3 Å². The minimum absolute atomic E-state index is 0.306. The van der Waals surface area contributed by atoms with Crippen LogP contribution >= 0.6 is 0 Å². The number of para-hydroxylation sites is 2. The summed E-state index contributed by atoms with van der Waals surface area (Å²) < 4.78 is 5.21. The Morgan fingerprint density at radius 2 is 2.14 bits per heavy atom. The fourth-order valence-electron chi connectivity index (χ4n) is 2.33. The second-order valence-corrected chi connectivity index (χ2v) is 4.63. The van der Waals surface area contributed by atoms with Gasteiger partial charge in [-0.05, 0) is 12.1 Å². The number of hydrogen-bond acceptors (Lipinski definition) is 4. The summed E-state index contributed by atoms with van der Waals surface area (Å²) in [4.78, 5) is 32.5. The standard InChI is InChI=1S/C14H14N4O3/c1-21-12-5-3-2-4-11(12)18-13(19)10(17-14(18)20)6-9-7-15-8-16-9/h2-5,7-8,10H,6H2,1H3,(H,15,16)(H,17,20). The van der Waals surface area contributed by atoms with Gasteiger partial charge in [-0.25, -0.2) is 14.7 Å². The van der Waals surface area contributed by atoms with Gasteiger partial charge in [-0.2, -0.15) is 0 Å². The monoisotopic (exact) mass is 286 g/mol. The summed E-state index contributed by atoms with van der Waals surface area (Å²) in [5.41, 5.74) is 1.23. The van der Waals surface area contributed by atoms with Crippen LogP contribution in [-0.2, 0) is 11.2 Å². The molecule has 108 valence electrons. The molecule has 1 aromatic carbocycles. The highest BCUT2D eigenvalue weighted by Gasteiger charge is 2.40. The van der Waals surface area contributed by atoms with Crippen molar-refractivity contribution in [2.75, 3.05) is 12.0 Å². The number of benzene rings is 1. The van der Waals surface area contributed by atoms with Crippen LogP contribution in [0.25, 0.3) is 0 Å². The first kappa shape index (κ1) is 13.2. The zero-order valence-corrected chi connectivity index (χ0v) is 11.4. The van der Waals surface area contributed by atoms with Crippen molar-refractivity contribution >= 4 is 17.6 Å². The topological polar surface area (TPSA) is 87.3 Å². The van der Waals surface area contributed by atoms with Crippen molar-refractivity contribution in [2.24, 2.45) is 0 Å². The van der Waals surface area contributed by atoms with Crippen LogP contribution in [0.2, 0.25) is 0 Å². The third-order valence-corrected chi connectivity index (χ3v) is 3.32. The molecule has 2 heterocycles. The molecule has 1 atom stereocenters. The summed E-state index contributed by atoms with van der Waals surface area (Å²) in [5.74, 6) is 0.169. The van der Waals surface area contributed by atoms with Crippen LogP contribution in [0.3, 0.4) is 0 Å². The maximum atomic E-state index is 12.5. The maximum absolute atomic E-state index is 12.5. The molecular formula is C14H14N4O3. The van der Waals surface area contributed by atoms with E-state index in [9.17, 15) is 9.59 Å². The molecule has 1 aliphatic heterocycles. The van der Waals surface area contributed by atoms with Crippen molar-refractivity contribution in [3.8, 4) is 5.75 Å². The molecule has 0 aliphatic carbocycles. The number of aromatic amines is 1. The molecule has 1 saturated heterocycles. The van der Waals surface area contributed by atoms with Gasteiger partial charge < -0.3 is 15.0 Å². The molecule has 21 heavy (non-hydrogen) atoms. The van der Waals surface area contributed by atoms with Crippen molar-refractivity contribution < 1.29 is 14.3 Å². The number of hydrogen-bond donors (Lipinski definition) is 2. The number of H-pyrrole nitrogens is 1. The predicted molar refractivity (Wildman–Crippen MR) is 75.1 cm³/mol. The lowest BCUT2D eigenvalue weighted by molar-refractivity contribution is -0.118. The van der Waals surface area contributed by atoms with Gasteiger partial charge >= 0.3 is 6.03 Å². The lowest BCUT2D eigenvalue weighted by Gasteiger charge is -2.16. The Labute approximate surface area is 120 Å². The van der Waals surface area contributed by atoms with Crippen LogP contribution in [0, 0.1) is 0 Å². The quantitative estimate of drug-likeness (QED) is 0.823. The van der Waals surface area contributed by atoms with Crippen molar-refractivity contribution in [1.29, 1.82) is 0 Å². The normalized spacial score (nSPS) is 18.0. The third kappa shape index (κ3) is 2.33. The van der Waals surface area contributed by atoms with Gasteiger partial charge in [0.1, 0.15) is 11.8 Å². The number of imidazole rings is 1. The largest absolute Gasteiger partial charge is 0.495 e. The number of methoxy groups -OCH3 is 1. The van der Waals surface area contributed by atoms with E-state index in [0.29, 0.717) is 17.9 Å². The number of amides is 3. The van der Waals surface area contributed by atoms with Gasteiger partial charge in [0.2, 0.25) is 0 Å². The molecule has 0 radical (unpaired) electrons.